The average molecular weight is 296 g/mol. The van der Waals surface area contributed by atoms with E-state index in [4.69, 9.17) is 15.2 Å². The topological polar surface area (TPSA) is 148 Å². The molecule has 0 fully saturated rings. The third-order valence-electron chi connectivity index (χ3n) is 2.36. The van der Waals surface area contributed by atoms with E-state index in [1.54, 1.807) is 0 Å². The first-order valence-electron chi connectivity index (χ1n) is 5.77. The Hall–Kier alpha value is -2.98. The first-order valence-corrected chi connectivity index (χ1v) is 5.77. The number of carbonyl (C=O) groups is 2. The molecular weight excluding hydrogens is 284 g/mol. The number of rotatable bonds is 5. The van der Waals surface area contributed by atoms with Crippen LogP contribution in [0.3, 0.4) is 0 Å². The van der Waals surface area contributed by atoms with Gasteiger partial charge in [-0.15, -0.1) is 5.10 Å². The zero-order valence-electron chi connectivity index (χ0n) is 11.3. The van der Waals surface area contributed by atoms with E-state index < -0.39 is 11.9 Å². The minimum atomic E-state index is -0.493. The summed E-state index contributed by atoms with van der Waals surface area (Å²) in [6, 6.07) is 0. The Kier molecular flexibility index (Phi) is 4.11. The van der Waals surface area contributed by atoms with Gasteiger partial charge in [0.1, 0.15) is 24.6 Å². The summed E-state index contributed by atoms with van der Waals surface area (Å²) in [5, 5.41) is 14.7. The van der Waals surface area contributed by atoms with Crippen LogP contribution < -0.4 is 5.73 Å². The Labute approximate surface area is 117 Å². The zero-order valence-corrected chi connectivity index (χ0v) is 11.3. The molecule has 0 saturated carbocycles. The number of aromatic nitrogens is 5. The number of ether oxygens (including phenoxy) is 2. The van der Waals surface area contributed by atoms with Gasteiger partial charge in [0.15, 0.2) is 0 Å². The van der Waals surface area contributed by atoms with Crippen LogP contribution in [0.2, 0.25) is 0 Å². The van der Waals surface area contributed by atoms with E-state index in [0.717, 1.165) is 0 Å². The van der Waals surface area contributed by atoms with Crippen molar-refractivity contribution in [3.8, 4) is 5.82 Å². The van der Waals surface area contributed by atoms with Crippen LogP contribution in [0.1, 0.15) is 25.2 Å². The van der Waals surface area contributed by atoms with Crippen molar-refractivity contribution >= 4 is 17.8 Å². The van der Waals surface area contributed by atoms with Gasteiger partial charge in [-0.2, -0.15) is 4.68 Å². The molecule has 0 aromatic carbocycles. The molecule has 2 N–H and O–H groups in total. The summed E-state index contributed by atoms with van der Waals surface area (Å²) in [4.78, 5) is 21.8. The molecule has 0 aliphatic rings. The highest BCUT2D eigenvalue weighted by atomic mass is 16.6. The van der Waals surface area contributed by atoms with E-state index >= 15 is 0 Å². The number of carbonyl (C=O) groups excluding carboxylic acids is 2. The smallest absolute Gasteiger partial charge is 0.303 e. The maximum Gasteiger partial charge on any atom is 0.303 e. The fourth-order valence-electron chi connectivity index (χ4n) is 1.44. The number of anilines is 1. The van der Waals surface area contributed by atoms with Crippen molar-refractivity contribution in [2.75, 3.05) is 5.73 Å². The first-order chi connectivity index (χ1) is 9.99. The van der Waals surface area contributed by atoms with Crippen molar-refractivity contribution < 1.29 is 23.7 Å². The van der Waals surface area contributed by atoms with Crippen LogP contribution in [0.15, 0.2) is 4.63 Å². The van der Waals surface area contributed by atoms with Gasteiger partial charge in [-0.05, 0) is 10.3 Å². The van der Waals surface area contributed by atoms with E-state index in [9.17, 15) is 9.59 Å². The van der Waals surface area contributed by atoms with Crippen LogP contribution >= 0.6 is 0 Å². The molecule has 0 bridgehead atoms. The highest BCUT2D eigenvalue weighted by molar-refractivity contribution is 5.66. The quantitative estimate of drug-likeness (QED) is 0.706. The number of nitrogens with two attached hydrogens (primary N) is 1. The van der Waals surface area contributed by atoms with E-state index in [-0.39, 0.29) is 24.8 Å². The molecule has 2 rings (SSSR count). The van der Waals surface area contributed by atoms with E-state index in [1.165, 1.54) is 18.5 Å². The lowest BCUT2D eigenvalue weighted by molar-refractivity contribution is -0.144. The van der Waals surface area contributed by atoms with Crippen LogP contribution in [0.4, 0.5) is 5.82 Å². The van der Waals surface area contributed by atoms with Gasteiger partial charge in [0, 0.05) is 13.8 Å². The van der Waals surface area contributed by atoms with Gasteiger partial charge >= 0.3 is 11.9 Å². The van der Waals surface area contributed by atoms with Crippen molar-refractivity contribution in [3.05, 3.63) is 11.4 Å². The maximum atomic E-state index is 11.0. The van der Waals surface area contributed by atoms with Gasteiger partial charge in [0.2, 0.25) is 11.6 Å². The Morgan fingerprint density at radius 1 is 1.19 bits per heavy atom. The molecule has 0 unspecified atom stereocenters. The van der Waals surface area contributed by atoms with Crippen LogP contribution in [0, 0.1) is 0 Å². The molecule has 0 amide bonds. The minimum Gasteiger partial charge on any atom is -0.459 e. The molecular formula is C10H12N6O5. The third kappa shape index (κ3) is 3.32. The highest BCUT2D eigenvalue weighted by Gasteiger charge is 2.21. The fourth-order valence-corrected chi connectivity index (χ4v) is 1.44. The third-order valence-corrected chi connectivity index (χ3v) is 2.36. The lowest BCUT2D eigenvalue weighted by Gasteiger charge is -2.06. The van der Waals surface area contributed by atoms with Gasteiger partial charge in [0.05, 0.1) is 0 Å². The molecule has 11 heteroatoms. The fraction of sp³-hybridized carbons (Fsp3) is 0.400. The van der Waals surface area contributed by atoms with Crippen molar-refractivity contribution in [2.24, 2.45) is 0 Å². The summed E-state index contributed by atoms with van der Waals surface area (Å²) in [5.74, 6) is -0.889. The second kappa shape index (κ2) is 5.98. The van der Waals surface area contributed by atoms with Gasteiger partial charge < -0.3 is 15.2 Å². The maximum absolute atomic E-state index is 11.0. The van der Waals surface area contributed by atoms with E-state index in [1.807, 2.05) is 0 Å². The molecule has 0 radical (unpaired) electrons. The predicted molar refractivity (Wildman–Crippen MR) is 64.6 cm³/mol. The van der Waals surface area contributed by atoms with Crippen LogP contribution in [-0.4, -0.2) is 37.2 Å². The SMILES string of the molecule is CC(=O)OCc1nnn(-c2nonc2N)c1COC(C)=O. The van der Waals surface area contributed by atoms with E-state index in [0.29, 0.717) is 11.4 Å². The summed E-state index contributed by atoms with van der Waals surface area (Å²) in [7, 11) is 0. The second-order valence-corrected chi connectivity index (χ2v) is 3.93. The minimum absolute atomic E-state index is 0.0111. The van der Waals surface area contributed by atoms with Crippen molar-refractivity contribution in [2.45, 2.75) is 27.1 Å². The number of nitrogens with zero attached hydrogens (tertiary/aromatic N) is 5. The lowest BCUT2D eigenvalue weighted by Crippen LogP contribution is -2.11. The van der Waals surface area contributed by atoms with E-state index in [2.05, 4.69) is 25.3 Å². The Balaban J connectivity index is 2.33. The number of nitrogen functional groups attached to an aromatic ring is 1. The molecule has 2 heterocycles. The van der Waals surface area contributed by atoms with Crippen LogP contribution in [0.5, 0.6) is 0 Å². The van der Waals surface area contributed by atoms with Gasteiger partial charge in [-0.1, -0.05) is 5.21 Å². The van der Waals surface area contributed by atoms with Crippen LogP contribution in [-0.2, 0) is 32.3 Å². The molecule has 2 aromatic heterocycles. The summed E-state index contributed by atoms with van der Waals surface area (Å²) in [6.45, 7) is 2.24. The predicted octanol–water partition coefficient (Wildman–Crippen LogP) is -0.641. The number of esters is 2. The largest absolute Gasteiger partial charge is 0.459 e. The van der Waals surface area contributed by atoms with Crippen molar-refractivity contribution in [1.29, 1.82) is 0 Å². The molecule has 11 nitrogen and oxygen atoms in total. The Bertz CT molecular complexity index is 663. The molecule has 0 spiro atoms. The van der Waals surface area contributed by atoms with Gasteiger partial charge in [-0.3, -0.25) is 9.59 Å². The zero-order chi connectivity index (χ0) is 15.4. The standard InChI is InChI=1S/C10H12N6O5/c1-5(17)19-3-7-8(4-20-6(2)18)16(15-12-7)10-9(11)13-21-14-10/h3-4H2,1-2H3,(H2,11,13). The second-order valence-electron chi connectivity index (χ2n) is 3.93. The molecule has 2 aromatic rings. The Morgan fingerprint density at radius 3 is 2.43 bits per heavy atom. The average Bonchev–Trinajstić information content (AvgIpc) is 2.99. The van der Waals surface area contributed by atoms with Gasteiger partial charge in [-0.25, -0.2) is 4.63 Å². The first kappa shape index (κ1) is 14.4. The molecule has 0 atom stereocenters. The summed E-state index contributed by atoms with van der Waals surface area (Å²) < 4.78 is 15.4. The van der Waals surface area contributed by atoms with Crippen molar-refractivity contribution in [1.82, 2.24) is 25.3 Å². The summed E-state index contributed by atoms with van der Waals surface area (Å²) >= 11 is 0. The summed E-state index contributed by atoms with van der Waals surface area (Å²) in [5.41, 5.74) is 6.22. The molecule has 0 aliphatic carbocycles. The number of hydrogen-bond donors (Lipinski definition) is 1. The normalized spacial score (nSPS) is 10.4. The molecule has 21 heavy (non-hydrogen) atoms. The highest BCUT2D eigenvalue weighted by Crippen LogP contribution is 2.17. The van der Waals surface area contributed by atoms with Crippen molar-refractivity contribution in [3.63, 3.8) is 0 Å². The Morgan fingerprint density at radius 2 is 1.86 bits per heavy atom. The molecule has 0 saturated heterocycles. The molecule has 112 valence electrons. The molecule has 0 aliphatic heterocycles. The monoisotopic (exact) mass is 296 g/mol. The summed E-state index contributed by atoms with van der Waals surface area (Å²) in [6.07, 6.45) is 0. The lowest BCUT2D eigenvalue weighted by atomic mass is 10.3. The number of hydrogen-bond acceptors (Lipinski definition) is 10. The van der Waals surface area contributed by atoms with Crippen LogP contribution in [0.25, 0.3) is 5.82 Å². The van der Waals surface area contributed by atoms with Gasteiger partial charge in [0.25, 0.3) is 0 Å².